The van der Waals surface area contributed by atoms with E-state index in [0.717, 1.165) is 0 Å². The van der Waals surface area contributed by atoms with Crippen molar-refractivity contribution < 1.29 is 22.4 Å². The Bertz CT molecular complexity index is 766. The molecule has 1 saturated heterocycles. The van der Waals surface area contributed by atoms with Gasteiger partial charge in [0.05, 0.1) is 11.5 Å². The summed E-state index contributed by atoms with van der Waals surface area (Å²) in [5.74, 6) is -0.717. The molecule has 2 rings (SSSR count). The minimum atomic E-state index is -3.07. The Labute approximate surface area is 153 Å². The van der Waals surface area contributed by atoms with Crippen LogP contribution in [0.25, 0.3) is 0 Å². The molecule has 144 valence electrons. The molecule has 0 aliphatic carbocycles. The van der Waals surface area contributed by atoms with Gasteiger partial charge in [-0.1, -0.05) is 18.2 Å². The quantitative estimate of drug-likeness (QED) is 0.716. The van der Waals surface area contributed by atoms with Crippen LogP contribution in [0.2, 0.25) is 0 Å². The average Bonchev–Trinajstić information content (AvgIpc) is 2.93. The van der Waals surface area contributed by atoms with E-state index >= 15 is 0 Å². The molecular formula is C18H25FN2O4S. The summed E-state index contributed by atoms with van der Waals surface area (Å²) in [5, 5.41) is 0. The van der Waals surface area contributed by atoms with Crippen LogP contribution in [0.15, 0.2) is 24.3 Å². The monoisotopic (exact) mass is 384 g/mol. The molecule has 8 heteroatoms. The Morgan fingerprint density at radius 1 is 1.27 bits per heavy atom. The summed E-state index contributed by atoms with van der Waals surface area (Å²) in [5.41, 5.74) is 0.393. The van der Waals surface area contributed by atoms with Gasteiger partial charge in [-0.25, -0.2) is 12.8 Å². The maximum absolute atomic E-state index is 13.8. The second-order valence-corrected chi connectivity index (χ2v) is 8.75. The van der Waals surface area contributed by atoms with Crippen molar-refractivity contribution in [1.29, 1.82) is 0 Å². The minimum Gasteiger partial charge on any atom is -0.339 e. The second-order valence-electron chi connectivity index (χ2n) is 6.52. The van der Waals surface area contributed by atoms with E-state index in [-0.39, 0.29) is 48.9 Å². The first kappa shape index (κ1) is 20.4. The molecule has 0 radical (unpaired) electrons. The minimum absolute atomic E-state index is 0.00176. The van der Waals surface area contributed by atoms with E-state index in [2.05, 4.69) is 0 Å². The molecule has 1 unspecified atom stereocenters. The number of hydrogen-bond donors (Lipinski definition) is 0. The third-order valence-corrected chi connectivity index (χ3v) is 6.42. The normalized spacial score (nSPS) is 18.5. The highest BCUT2D eigenvalue weighted by Crippen LogP contribution is 2.19. The van der Waals surface area contributed by atoms with E-state index in [9.17, 15) is 22.4 Å². The van der Waals surface area contributed by atoms with Gasteiger partial charge >= 0.3 is 0 Å². The lowest BCUT2D eigenvalue weighted by Crippen LogP contribution is -2.42. The summed E-state index contributed by atoms with van der Waals surface area (Å²) in [6.45, 7) is 3.88. The van der Waals surface area contributed by atoms with E-state index < -0.39 is 15.7 Å². The number of halogens is 1. The van der Waals surface area contributed by atoms with Gasteiger partial charge in [0.1, 0.15) is 5.82 Å². The summed E-state index contributed by atoms with van der Waals surface area (Å²) < 4.78 is 37.1. The Hall–Kier alpha value is -1.96. The molecule has 2 amide bonds. The molecular weight excluding hydrogens is 359 g/mol. The predicted molar refractivity (Wildman–Crippen MR) is 96.6 cm³/mol. The van der Waals surface area contributed by atoms with Crippen LogP contribution in [0, 0.1) is 5.82 Å². The average molecular weight is 384 g/mol. The Kier molecular flexibility index (Phi) is 6.75. The molecule has 0 bridgehead atoms. The van der Waals surface area contributed by atoms with Gasteiger partial charge in [-0.2, -0.15) is 0 Å². The summed E-state index contributed by atoms with van der Waals surface area (Å²) in [6, 6.07) is 5.92. The Morgan fingerprint density at radius 3 is 2.50 bits per heavy atom. The van der Waals surface area contributed by atoms with Crippen LogP contribution in [0.5, 0.6) is 0 Å². The molecule has 1 heterocycles. The fourth-order valence-corrected chi connectivity index (χ4v) is 4.94. The zero-order valence-corrected chi connectivity index (χ0v) is 16.0. The number of carbonyl (C=O) groups excluding carboxylic acids is 2. The molecule has 6 nitrogen and oxygen atoms in total. The highest BCUT2D eigenvalue weighted by molar-refractivity contribution is 7.91. The van der Waals surface area contributed by atoms with E-state index in [0.29, 0.717) is 18.5 Å². The SMILES string of the molecule is CCN(C(=O)CCN(Cc1ccccc1F)C(C)=O)C1CCS(=O)(=O)C1. The standard InChI is InChI=1S/C18H25FN2O4S/c1-3-21(16-9-11-26(24,25)13-16)18(23)8-10-20(14(2)22)12-15-6-4-5-7-17(15)19/h4-7,16H,3,8-13H2,1-2H3. The fraction of sp³-hybridized carbons (Fsp3) is 0.556. The van der Waals surface area contributed by atoms with E-state index in [1.165, 1.54) is 17.9 Å². The molecule has 1 aromatic carbocycles. The highest BCUT2D eigenvalue weighted by atomic mass is 32.2. The van der Waals surface area contributed by atoms with Gasteiger partial charge in [-0.3, -0.25) is 9.59 Å². The summed E-state index contributed by atoms with van der Waals surface area (Å²) in [4.78, 5) is 27.4. The van der Waals surface area contributed by atoms with Crippen molar-refractivity contribution >= 4 is 21.7 Å². The third kappa shape index (κ3) is 5.27. The van der Waals surface area contributed by atoms with Crippen molar-refractivity contribution in [3.63, 3.8) is 0 Å². The second kappa shape index (κ2) is 8.62. The lowest BCUT2D eigenvalue weighted by Gasteiger charge is -2.28. The van der Waals surface area contributed by atoms with Gasteiger partial charge in [-0.05, 0) is 19.4 Å². The third-order valence-electron chi connectivity index (χ3n) is 4.67. The van der Waals surface area contributed by atoms with Crippen molar-refractivity contribution in [3.05, 3.63) is 35.6 Å². The number of benzene rings is 1. The number of rotatable bonds is 7. The lowest BCUT2D eigenvalue weighted by atomic mass is 10.1. The topological polar surface area (TPSA) is 74.8 Å². The van der Waals surface area contributed by atoms with Gasteiger partial charge in [0.2, 0.25) is 11.8 Å². The zero-order chi connectivity index (χ0) is 19.3. The van der Waals surface area contributed by atoms with Crippen molar-refractivity contribution in [3.8, 4) is 0 Å². The first-order valence-corrected chi connectivity index (χ1v) is 10.5. The van der Waals surface area contributed by atoms with Crippen molar-refractivity contribution in [2.45, 2.75) is 39.3 Å². The molecule has 1 aliphatic heterocycles. The van der Waals surface area contributed by atoms with Crippen LogP contribution in [-0.4, -0.2) is 60.7 Å². The number of carbonyl (C=O) groups is 2. The molecule has 1 aromatic rings. The molecule has 0 saturated carbocycles. The van der Waals surface area contributed by atoms with Crippen molar-refractivity contribution in [2.24, 2.45) is 0 Å². The molecule has 1 aliphatic rings. The number of sulfone groups is 1. The summed E-state index contributed by atoms with van der Waals surface area (Å²) in [7, 11) is -3.07. The Balaban J connectivity index is 1.98. The summed E-state index contributed by atoms with van der Waals surface area (Å²) >= 11 is 0. The lowest BCUT2D eigenvalue weighted by molar-refractivity contribution is -0.134. The van der Waals surface area contributed by atoms with Crippen molar-refractivity contribution in [1.82, 2.24) is 9.80 Å². The van der Waals surface area contributed by atoms with Crippen LogP contribution < -0.4 is 0 Å². The first-order chi connectivity index (χ1) is 12.2. The van der Waals surface area contributed by atoms with Crippen LogP contribution in [0.3, 0.4) is 0 Å². The van der Waals surface area contributed by atoms with E-state index in [1.54, 1.807) is 23.1 Å². The van der Waals surface area contributed by atoms with Crippen LogP contribution in [0.4, 0.5) is 4.39 Å². The molecule has 0 aromatic heterocycles. The van der Waals surface area contributed by atoms with Gasteiger partial charge in [0, 0.05) is 44.6 Å². The Morgan fingerprint density at radius 2 is 1.96 bits per heavy atom. The van der Waals surface area contributed by atoms with E-state index in [1.807, 2.05) is 6.92 Å². The van der Waals surface area contributed by atoms with Gasteiger partial charge in [0.15, 0.2) is 9.84 Å². The smallest absolute Gasteiger partial charge is 0.224 e. The van der Waals surface area contributed by atoms with Crippen molar-refractivity contribution in [2.75, 3.05) is 24.6 Å². The maximum atomic E-state index is 13.8. The van der Waals surface area contributed by atoms with Crippen LogP contribution in [-0.2, 0) is 26.0 Å². The van der Waals surface area contributed by atoms with Crippen LogP contribution in [0.1, 0.15) is 32.3 Å². The number of amides is 2. The molecule has 1 fully saturated rings. The molecule has 26 heavy (non-hydrogen) atoms. The number of nitrogens with zero attached hydrogens (tertiary/aromatic N) is 2. The molecule has 0 spiro atoms. The fourth-order valence-electron chi connectivity index (χ4n) is 3.21. The van der Waals surface area contributed by atoms with E-state index in [4.69, 9.17) is 0 Å². The largest absolute Gasteiger partial charge is 0.339 e. The van der Waals surface area contributed by atoms with Gasteiger partial charge in [0.25, 0.3) is 0 Å². The first-order valence-electron chi connectivity index (χ1n) is 8.72. The number of hydrogen-bond acceptors (Lipinski definition) is 4. The zero-order valence-electron chi connectivity index (χ0n) is 15.2. The van der Waals surface area contributed by atoms with Gasteiger partial charge in [-0.15, -0.1) is 0 Å². The molecule has 0 N–H and O–H groups in total. The predicted octanol–water partition coefficient (Wildman–Crippen LogP) is 1.60. The summed E-state index contributed by atoms with van der Waals surface area (Å²) in [6.07, 6.45) is 0.534. The molecule has 1 atom stereocenters. The highest BCUT2D eigenvalue weighted by Gasteiger charge is 2.33. The maximum Gasteiger partial charge on any atom is 0.224 e. The van der Waals surface area contributed by atoms with Gasteiger partial charge < -0.3 is 9.80 Å². The van der Waals surface area contributed by atoms with Crippen LogP contribution >= 0.6 is 0 Å².